The van der Waals surface area contributed by atoms with Gasteiger partial charge in [-0.25, -0.2) is 8.78 Å². The van der Waals surface area contributed by atoms with Crippen molar-refractivity contribution in [2.24, 2.45) is 5.92 Å². The summed E-state index contributed by atoms with van der Waals surface area (Å²) in [5.41, 5.74) is 2.25. The van der Waals surface area contributed by atoms with Gasteiger partial charge < -0.3 is 14.2 Å². The summed E-state index contributed by atoms with van der Waals surface area (Å²) in [5, 5.41) is 0. The summed E-state index contributed by atoms with van der Waals surface area (Å²) in [4.78, 5) is 0. The molecule has 3 aromatic rings. The van der Waals surface area contributed by atoms with Crippen LogP contribution in [0.4, 0.5) is 13.2 Å². The van der Waals surface area contributed by atoms with Crippen molar-refractivity contribution in [1.82, 2.24) is 0 Å². The van der Waals surface area contributed by atoms with Crippen molar-refractivity contribution in [3.63, 3.8) is 0 Å². The molecular formula is C31H33F3O3. The Hall–Kier alpha value is -3.09. The highest BCUT2D eigenvalue weighted by Gasteiger charge is 2.23. The number of hydrogen-bond donors (Lipinski definition) is 0. The van der Waals surface area contributed by atoms with Gasteiger partial charge in [-0.3, -0.25) is 0 Å². The van der Waals surface area contributed by atoms with E-state index in [1.165, 1.54) is 18.2 Å². The van der Waals surface area contributed by atoms with Crippen molar-refractivity contribution in [2.75, 3.05) is 19.8 Å². The molecule has 1 aliphatic rings. The molecule has 0 radical (unpaired) electrons. The fourth-order valence-electron chi connectivity index (χ4n) is 4.41. The van der Waals surface area contributed by atoms with Gasteiger partial charge in [0.25, 0.3) is 0 Å². The van der Waals surface area contributed by atoms with E-state index in [9.17, 15) is 13.2 Å². The second kappa shape index (κ2) is 12.9. The molecule has 4 rings (SSSR count). The van der Waals surface area contributed by atoms with Gasteiger partial charge in [0.1, 0.15) is 5.82 Å². The zero-order chi connectivity index (χ0) is 26.2. The minimum atomic E-state index is -0.997. The van der Waals surface area contributed by atoms with E-state index in [4.69, 9.17) is 14.2 Å². The highest BCUT2D eigenvalue weighted by Crippen LogP contribution is 2.33. The van der Waals surface area contributed by atoms with E-state index >= 15 is 0 Å². The molecule has 3 aromatic carbocycles. The molecule has 0 unspecified atom stereocenters. The summed E-state index contributed by atoms with van der Waals surface area (Å²) >= 11 is 0. The van der Waals surface area contributed by atoms with E-state index in [0.29, 0.717) is 42.1 Å². The van der Waals surface area contributed by atoms with Crippen molar-refractivity contribution in [3.8, 4) is 28.0 Å². The molecule has 37 heavy (non-hydrogen) atoms. The average Bonchev–Trinajstić information content (AvgIpc) is 2.92. The minimum absolute atomic E-state index is 0.0835. The lowest BCUT2D eigenvalue weighted by molar-refractivity contribution is -0.197. The molecular weight excluding hydrogens is 477 g/mol. The average molecular weight is 511 g/mol. The van der Waals surface area contributed by atoms with Gasteiger partial charge >= 0.3 is 0 Å². The van der Waals surface area contributed by atoms with Gasteiger partial charge in [0.2, 0.25) is 5.82 Å². The maximum Gasteiger partial charge on any atom is 0.201 e. The minimum Gasteiger partial charge on any atom is -0.490 e. The third-order valence-corrected chi connectivity index (χ3v) is 6.46. The quantitative estimate of drug-likeness (QED) is 0.202. The van der Waals surface area contributed by atoms with Crippen LogP contribution in [0.3, 0.4) is 0 Å². The normalized spacial score (nSPS) is 17.9. The highest BCUT2D eigenvalue weighted by atomic mass is 19.2. The molecule has 0 saturated carbocycles. The molecule has 0 spiro atoms. The first kappa shape index (κ1) is 27.0. The molecule has 0 atom stereocenters. The van der Waals surface area contributed by atoms with Gasteiger partial charge in [-0.1, -0.05) is 74.7 Å². The molecule has 0 aromatic heterocycles. The Kier molecular flexibility index (Phi) is 9.42. The van der Waals surface area contributed by atoms with Gasteiger partial charge in [0, 0.05) is 22.6 Å². The van der Waals surface area contributed by atoms with Crippen LogP contribution in [-0.2, 0) is 9.47 Å². The first-order valence-corrected chi connectivity index (χ1v) is 12.9. The lowest BCUT2D eigenvalue weighted by atomic mass is 9.98. The SMILES string of the molecule is C/C=C/C1COC(c2ccc(-c3ccc(-c4ccc(OCCCCCC)c(F)c4F)cc3)c(F)c2)OC1. The summed E-state index contributed by atoms with van der Waals surface area (Å²) in [6, 6.07) is 14.5. The van der Waals surface area contributed by atoms with E-state index in [1.807, 2.05) is 19.1 Å². The number of allylic oxidation sites excluding steroid dienone is 1. The lowest BCUT2D eigenvalue weighted by Crippen LogP contribution is -2.25. The molecule has 6 heteroatoms. The van der Waals surface area contributed by atoms with Crippen LogP contribution in [0.15, 0.2) is 66.7 Å². The third-order valence-electron chi connectivity index (χ3n) is 6.46. The van der Waals surface area contributed by atoms with Crippen LogP contribution < -0.4 is 4.74 Å². The topological polar surface area (TPSA) is 27.7 Å². The van der Waals surface area contributed by atoms with Crippen LogP contribution in [0.2, 0.25) is 0 Å². The van der Waals surface area contributed by atoms with Gasteiger partial charge in [0.05, 0.1) is 19.8 Å². The van der Waals surface area contributed by atoms with E-state index in [1.54, 1.807) is 36.4 Å². The Morgan fingerprint density at radius 1 is 0.838 bits per heavy atom. The first-order chi connectivity index (χ1) is 18.0. The lowest BCUT2D eigenvalue weighted by Gasteiger charge is -2.28. The fourth-order valence-corrected chi connectivity index (χ4v) is 4.41. The van der Waals surface area contributed by atoms with Crippen LogP contribution in [0.5, 0.6) is 5.75 Å². The largest absolute Gasteiger partial charge is 0.490 e. The number of hydrogen-bond acceptors (Lipinski definition) is 3. The second-order valence-electron chi connectivity index (χ2n) is 9.25. The summed E-state index contributed by atoms with van der Waals surface area (Å²) in [7, 11) is 0. The predicted molar refractivity (Wildman–Crippen MR) is 140 cm³/mol. The monoisotopic (exact) mass is 510 g/mol. The summed E-state index contributed by atoms with van der Waals surface area (Å²) in [6.07, 6.45) is 7.36. The predicted octanol–water partition coefficient (Wildman–Crippen LogP) is 8.63. The van der Waals surface area contributed by atoms with Crippen LogP contribution in [0.1, 0.15) is 51.4 Å². The van der Waals surface area contributed by atoms with E-state index in [0.717, 1.165) is 25.7 Å². The van der Waals surface area contributed by atoms with Crippen LogP contribution in [0.25, 0.3) is 22.3 Å². The van der Waals surface area contributed by atoms with Crippen LogP contribution >= 0.6 is 0 Å². The van der Waals surface area contributed by atoms with Crippen molar-refractivity contribution >= 4 is 0 Å². The van der Waals surface area contributed by atoms with Gasteiger partial charge in [-0.15, -0.1) is 0 Å². The Morgan fingerprint density at radius 2 is 1.51 bits per heavy atom. The zero-order valence-corrected chi connectivity index (χ0v) is 21.3. The third kappa shape index (κ3) is 6.62. The number of ether oxygens (including phenoxy) is 3. The maximum atomic E-state index is 15.0. The second-order valence-corrected chi connectivity index (χ2v) is 9.25. The Labute approximate surface area is 216 Å². The summed E-state index contributed by atoms with van der Waals surface area (Å²) < 4.78 is 61.3. The van der Waals surface area contributed by atoms with Crippen molar-refractivity contribution in [2.45, 2.75) is 45.8 Å². The molecule has 1 saturated heterocycles. The van der Waals surface area contributed by atoms with Crippen LogP contribution in [0, 0.1) is 23.4 Å². The van der Waals surface area contributed by atoms with E-state index in [2.05, 4.69) is 6.92 Å². The summed E-state index contributed by atoms with van der Waals surface area (Å²) in [6.45, 7) is 5.44. The molecule has 1 heterocycles. The van der Waals surface area contributed by atoms with Gasteiger partial charge in [0.15, 0.2) is 17.9 Å². The number of halogens is 3. The Morgan fingerprint density at radius 3 is 2.16 bits per heavy atom. The Bertz CT molecular complexity index is 1200. The van der Waals surface area contributed by atoms with Crippen molar-refractivity contribution < 1.29 is 27.4 Å². The zero-order valence-electron chi connectivity index (χ0n) is 21.3. The maximum absolute atomic E-state index is 15.0. The molecule has 196 valence electrons. The van der Waals surface area contributed by atoms with Crippen molar-refractivity contribution in [3.05, 3.63) is 89.8 Å². The highest BCUT2D eigenvalue weighted by molar-refractivity contribution is 5.71. The Balaban J connectivity index is 1.44. The molecule has 0 bridgehead atoms. The number of benzene rings is 3. The van der Waals surface area contributed by atoms with Crippen molar-refractivity contribution in [1.29, 1.82) is 0 Å². The number of rotatable bonds is 10. The van der Waals surface area contributed by atoms with Gasteiger partial charge in [-0.05, 0) is 42.7 Å². The molecule has 0 N–H and O–H groups in total. The molecule has 0 aliphatic carbocycles. The fraction of sp³-hybridized carbons (Fsp3) is 0.355. The molecule has 1 aliphatic heterocycles. The number of unbranched alkanes of at least 4 members (excludes halogenated alkanes) is 3. The van der Waals surface area contributed by atoms with Crippen LogP contribution in [-0.4, -0.2) is 19.8 Å². The van der Waals surface area contributed by atoms with E-state index < -0.39 is 23.7 Å². The molecule has 1 fully saturated rings. The standard InChI is InChI=1S/C31H33F3O3/c1-3-5-6-7-17-35-28-16-15-26(29(33)30(28)34)23-11-9-22(10-12-23)25-14-13-24(18-27(25)32)31-36-19-21(8-4-2)20-37-31/h4,8-16,18,21,31H,3,5-7,17,19-20H2,1-2H3/b8-4+. The molecule has 0 amide bonds. The van der Waals surface area contributed by atoms with Gasteiger partial charge in [-0.2, -0.15) is 4.39 Å². The van der Waals surface area contributed by atoms with E-state index in [-0.39, 0.29) is 17.2 Å². The smallest absolute Gasteiger partial charge is 0.201 e. The molecule has 3 nitrogen and oxygen atoms in total. The first-order valence-electron chi connectivity index (χ1n) is 12.9. The summed E-state index contributed by atoms with van der Waals surface area (Å²) in [5.74, 6) is -2.26.